The molecule has 0 bridgehead atoms. The van der Waals surface area contributed by atoms with E-state index in [1.807, 2.05) is 23.3 Å². The fourth-order valence-corrected chi connectivity index (χ4v) is 2.51. The molecule has 0 unspecified atom stereocenters. The second kappa shape index (κ2) is 6.14. The van der Waals surface area contributed by atoms with Gasteiger partial charge >= 0.3 is 6.18 Å². The van der Waals surface area contributed by atoms with Gasteiger partial charge in [-0.15, -0.1) is 0 Å². The van der Waals surface area contributed by atoms with Crippen LogP contribution in [0.4, 0.5) is 19.0 Å². The standard InChI is InChI=1S/C16H12F3N7/c17-16(18,19)15-24-14(25-26-15)11-7-12(23-13-10(11)4-6-21-13)22-8-9-3-1-2-5-20-9/h1-7H,8H2,(H2,21,22,23)(H,24,25,26). The lowest BCUT2D eigenvalue weighted by Gasteiger charge is -2.07. The Morgan fingerprint density at radius 1 is 1.12 bits per heavy atom. The maximum Gasteiger partial charge on any atom is 0.451 e. The van der Waals surface area contributed by atoms with Crippen molar-refractivity contribution in [3.05, 3.63) is 54.2 Å². The third kappa shape index (κ3) is 3.08. The van der Waals surface area contributed by atoms with Crippen LogP contribution in [0.25, 0.3) is 22.4 Å². The molecule has 0 saturated carbocycles. The summed E-state index contributed by atoms with van der Waals surface area (Å²) in [5.74, 6) is -0.722. The molecule has 0 radical (unpaired) electrons. The molecule has 0 aliphatic heterocycles. The van der Waals surface area contributed by atoms with Crippen LogP contribution in [0.2, 0.25) is 0 Å². The minimum absolute atomic E-state index is 0.0507. The van der Waals surface area contributed by atoms with E-state index in [0.717, 1.165) is 5.69 Å². The van der Waals surface area contributed by atoms with Crippen molar-refractivity contribution in [1.82, 2.24) is 30.1 Å². The zero-order valence-electron chi connectivity index (χ0n) is 13.2. The summed E-state index contributed by atoms with van der Waals surface area (Å²) in [6, 6.07) is 8.86. The predicted octanol–water partition coefficient (Wildman–Crippen LogP) is 3.37. The fraction of sp³-hybridized carbons (Fsp3) is 0.125. The average Bonchev–Trinajstić information content (AvgIpc) is 3.29. The first-order valence-electron chi connectivity index (χ1n) is 7.62. The summed E-state index contributed by atoms with van der Waals surface area (Å²) in [7, 11) is 0. The zero-order valence-corrected chi connectivity index (χ0v) is 13.2. The molecule has 0 aromatic carbocycles. The number of H-pyrrole nitrogens is 2. The van der Waals surface area contributed by atoms with E-state index in [1.54, 1.807) is 24.5 Å². The van der Waals surface area contributed by atoms with Gasteiger partial charge < -0.3 is 10.3 Å². The van der Waals surface area contributed by atoms with E-state index in [-0.39, 0.29) is 5.82 Å². The maximum atomic E-state index is 12.8. The number of nitrogens with one attached hydrogen (secondary N) is 3. The molecular weight excluding hydrogens is 347 g/mol. The first-order valence-corrected chi connectivity index (χ1v) is 7.62. The van der Waals surface area contributed by atoms with Gasteiger partial charge in [0.05, 0.1) is 12.2 Å². The molecule has 4 aromatic heterocycles. The van der Waals surface area contributed by atoms with Crippen LogP contribution in [0, 0.1) is 0 Å². The van der Waals surface area contributed by atoms with Crippen LogP contribution in [0.5, 0.6) is 0 Å². The van der Waals surface area contributed by atoms with E-state index >= 15 is 0 Å². The molecule has 0 aliphatic rings. The van der Waals surface area contributed by atoms with Crippen molar-refractivity contribution in [1.29, 1.82) is 0 Å². The lowest BCUT2D eigenvalue weighted by molar-refractivity contribution is -0.144. The van der Waals surface area contributed by atoms with Crippen molar-refractivity contribution in [2.75, 3.05) is 5.32 Å². The van der Waals surface area contributed by atoms with Gasteiger partial charge in [0.15, 0.2) is 5.82 Å². The summed E-state index contributed by atoms with van der Waals surface area (Å²) in [5, 5.41) is 9.37. The van der Waals surface area contributed by atoms with Crippen LogP contribution >= 0.6 is 0 Å². The summed E-state index contributed by atoms with van der Waals surface area (Å²) in [6.07, 6.45) is -1.26. The van der Waals surface area contributed by atoms with E-state index in [9.17, 15) is 13.2 Å². The summed E-state index contributed by atoms with van der Waals surface area (Å²) in [4.78, 5) is 15.1. The third-order valence-electron chi connectivity index (χ3n) is 3.70. The molecule has 7 nitrogen and oxygen atoms in total. The van der Waals surface area contributed by atoms with Crippen LogP contribution in [0.3, 0.4) is 0 Å². The fourth-order valence-electron chi connectivity index (χ4n) is 2.51. The number of hydrogen-bond donors (Lipinski definition) is 3. The van der Waals surface area contributed by atoms with Crippen LogP contribution in [0.1, 0.15) is 11.5 Å². The quantitative estimate of drug-likeness (QED) is 0.519. The Kier molecular flexibility index (Phi) is 3.79. The number of halogens is 3. The minimum atomic E-state index is -4.59. The molecule has 26 heavy (non-hydrogen) atoms. The van der Waals surface area contributed by atoms with Gasteiger partial charge in [-0.05, 0) is 24.3 Å². The Morgan fingerprint density at radius 2 is 2.00 bits per heavy atom. The molecule has 0 spiro atoms. The second-order valence-corrected chi connectivity index (χ2v) is 5.48. The number of anilines is 1. The second-order valence-electron chi connectivity index (χ2n) is 5.48. The van der Waals surface area contributed by atoms with E-state index in [2.05, 4.69) is 30.4 Å². The minimum Gasteiger partial charge on any atom is -0.364 e. The lowest BCUT2D eigenvalue weighted by Crippen LogP contribution is -2.07. The topological polar surface area (TPSA) is 95.2 Å². The smallest absolute Gasteiger partial charge is 0.364 e. The number of alkyl halides is 3. The van der Waals surface area contributed by atoms with E-state index in [1.165, 1.54) is 0 Å². The summed E-state index contributed by atoms with van der Waals surface area (Å²) >= 11 is 0. The zero-order chi connectivity index (χ0) is 18.1. The van der Waals surface area contributed by atoms with Crippen molar-refractivity contribution in [2.45, 2.75) is 12.7 Å². The van der Waals surface area contributed by atoms with Gasteiger partial charge in [0.25, 0.3) is 0 Å². The molecule has 3 N–H and O–H groups in total. The highest BCUT2D eigenvalue weighted by Crippen LogP contribution is 2.31. The molecule has 4 aromatic rings. The highest BCUT2D eigenvalue weighted by molar-refractivity contribution is 5.92. The Labute approximate surface area is 144 Å². The number of hydrogen-bond acceptors (Lipinski definition) is 5. The molecule has 132 valence electrons. The number of pyridine rings is 2. The van der Waals surface area contributed by atoms with E-state index < -0.39 is 12.0 Å². The van der Waals surface area contributed by atoms with E-state index in [4.69, 9.17) is 0 Å². The Balaban J connectivity index is 1.70. The molecule has 4 heterocycles. The van der Waals surface area contributed by atoms with Gasteiger partial charge in [0, 0.05) is 23.3 Å². The third-order valence-corrected chi connectivity index (χ3v) is 3.70. The summed E-state index contributed by atoms with van der Waals surface area (Å²) in [5.41, 5.74) is 1.76. The van der Waals surface area contributed by atoms with Crippen LogP contribution < -0.4 is 5.32 Å². The monoisotopic (exact) mass is 359 g/mol. The molecule has 0 amide bonds. The lowest BCUT2D eigenvalue weighted by atomic mass is 10.1. The Morgan fingerprint density at radius 3 is 2.73 bits per heavy atom. The number of nitrogens with zero attached hydrogens (tertiary/aromatic N) is 4. The number of rotatable bonds is 4. The first kappa shape index (κ1) is 16.1. The molecule has 0 atom stereocenters. The number of aromatic nitrogens is 6. The van der Waals surface area contributed by atoms with Gasteiger partial charge in [-0.25, -0.2) is 9.97 Å². The maximum absolute atomic E-state index is 12.8. The highest BCUT2D eigenvalue weighted by atomic mass is 19.4. The van der Waals surface area contributed by atoms with Crippen LogP contribution in [0.15, 0.2) is 42.7 Å². The SMILES string of the molecule is FC(F)(F)c1nc(-c2cc(NCc3ccccn3)nc3[nH]ccc23)n[nH]1. The molecule has 0 fully saturated rings. The average molecular weight is 359 g/mol. The first-order chi connectivity index (χ1) is 12.5. The van der Waals surface area contributed by atoms with Gasteiger partial charge in [-0.2, -0.15) is 18.3 Å². The number of aromatic amines is 2. The van der Waals surface area contributed by atoms with Crippen molar-refractivity contribution in [3.8, 4) is 11.4 Å². The van der Waals surface area contributed by atoms with Crippen LogP contribution in [-0.4, -0.2) is 30.1 Å². The summed E-state index contributed by atoms with van der Waals surface area (Å²) < 4.78 is 38.4. The Hall–Kier alpha value is -3.43. The highest BCUT2D eigenvalue weighted by Gasteiger charge is 2.35. The Bertz CT molecular complexity index is 1040. The van der Waals surface area contributed by atoms with Gasteiger partial charge in [0.1, 0.15) is 11.5 Å². The largest absolute Gasteiger partial charge is 0.451 e. The van der Waals surface area contributed by atoms with Crippen molar-refractivity contribution >= 4 is 16.9 Å². The summed E-state index contributed by atoms with van der Waals surface area (Å²) in [6.45, 7) is 0.418. The van der Waals surface area contributed by atoms with Crippen LogP contribution in [-0.2, 0) is 12.7 Å². The normalized spacial score (nSPS) is 11.8. The van der Waals surface area contributed by atoms with Gasteiger partial charge in [0.2, 0.25) is 5.82 Å². The molecule has 10 heteroatoms. The van der Waals surface area contributed by atoms with Crippen molar-refractivity contribution < 1.29 is 13.2 Å². The van der Waals surface area contributed by atoms with Crippen molar-refractivity contribution in [3.63, 3.8) is 0 Å². The molecule has 0 aliphatic carbocycles. The molecule has 0 saturated heterocycles. The molecule has 4 rings (SSSR count). The van der Waals surface area contributed by atoms with Gasteiger partial charge in [-0.1, -0.05) is 6.07 Å². The van der Waals surface area contributed by atoms with E-state index in [0.29, 0.717) is 29.0 Å². The molecular formula is C16H12F3N7. The van der Waals surface area contributed by atoms with Crippen molar-refractivity contribution in [2.24, 2.45) is 0 Å². The predicted molar refractivity (Wildman–Crippen MR) is 88.0 cm³/mol. The number of fused-ring (bicyclic) bond motifs is 1. The van der Waals surface area contributed by atoms with Gasteiger partial charge in [-0.3, -0.25) is 10.1 Å².